The van der Waals surface area contributed by atoms with Crippen molar-refractivity contribution >= 4 is 33.4 Å². The van der Waals surface area contributed by atoms with Crippen LogP contribution in [0.4, 0.5) is 23.7 Å². The van der Waals surface area contributed by atoms with Crippen molar-refractivity contribution in [2.75, 3.05) is 5.32 Å². The molecule has 11 heteroatoms. The Labute approximate surface area is 219 Å². The van der Waals surface area contributed by atoms with Crippen LogP contribution < -0.4 is 9.50 Å². The molecule has 198 valence electrons. The van der Waals surface area contributed by atoms with Gasteiger partial charge >= 0.3 is 22.3 Å². The van der Waals surface area contributed by atoms with Crippen LogP contribution in [0.15, 0.2) is 71.6 Å². The second kappa shape index (κ2) is 11.4. The third kappa shape index (κ3) is 7.39. The van der Waals surface area contributed by atoms with E-state index < -0.39 is 26.8 Å². The lowest BCUT2D eigenvalue weighted by atomic mass is 10.1. The van der Waals surface area contributed by atoms with Gasteiger partial charge in [-0.2, -0.15) is 21.6 Å². The van der Waals surface area contributed by atoms with Crippen molar-refractivity contribution in [1.82, 2.24) is 4.90 Å². The van der Waals surface area contributed by atoms with Crippen molar-refractivity contribution < 1.29 is 30.6 Å². The highest BCUT2D eigenvalue weighted by Crippen LogP contribution is 2.31. The zero-order chi connectivity index (χ0) is 27.4. The van der Waals surface area contributed by atoms with Crippen molar-refractivity contribution in [3.8, 4) is 5.75 Å². The van der Waals surface area contributed by atoms with Crippen LogP contribution in [0.2, 0.25) is 5.02 Å². The Kier molecular flexibility index (Phi) is 8.76. The molecule has 0 heterocycles. The molecule has 3 aromatic rings. The van der Waals surface area contributed by atoms with E-state index in [1.54, 1.807) is 35.2 Å². The van der Waals surface area contributed by atoms with E-state index in [-0.39, 0.29) is 24.4 Å². The standard InChI is InChI=1S/C26H26ClF3N2O4S/c1-4-18(3)32(25(33)31-21-12-11-17(2)24(27)15-21)16-19-7-5-9-22(13-19)36-37(34,35)23-10-6-8-20(14-23)26(28,29)30/h5-15,18H,4,16H2,1-3H3,(H,31,33). The summed E-state index contributed by atoms with van der Waals surface area (Å²) in [6, 6.07) is 14.0. The van der Waals surface area contributed by atoms with E-state index in [0.717, 1.165) is 23.8 Å². The van der Waals surface area contributed by atoms with Crippen LogP contribution >= 0.6 is 11.6 Å². The predicted octanol–water partition coefficient (Wildman–Crippen LogP) is 7.27. The molecular weight excluding hydrogens is 529 g/mol. The largest absolute Gasteiger partial charge is 0.416 e. The van der Waals surface area contributed by atoms with Gasteiger partial charge in [-0.15, -0.1) is 0 Å². The highest BCUT2D eigenvalue weighted by atomic mass is 35.5. The van der Waals surface area contributed by atoms with E-state index in [2.05, 4.69) is 5.32 Å². The Morgan fingerprint density at radius 3 is 2.43 bits per heavy atom. The molecule has 0 aromatic heterocycles. The third-order valence-electron chi connectivity index (χ3n) is 5.71. The molecular formula is C26H26ClF3N2O4S. The van der Waals surface area contributed by atoms with Gasteiger partial charge in [-0.1, -0.05) is 42.8 Å². The zero-order valence-corrected chi connectivity index (χ0v) is 21.9. The van der Waals surface area contributed by atoms with Gasteiger partial charge in [-0.3, -0.25) is 0 Å². The molecule has 0 aliphatic rings. The molecule has 0 saturated heterocycles. The SMILES string of the molecule is CCC(C)N(Cc1cccc(OS(=O)(=O)c2cccc(C(F)(F)F)c2)c1)C(=O)Nc1ccc(C)c(Cl)c1. The van der Waals surface area contributed by atoms with Crippen molar-refractivity contribution in [3.05, 3.63) is 88.4 Å². The molecule has 0 bridgehead atoms. The number of nitrogens with one attached hydrogen (secondary N) is 1. The number of hydrogen-bond donors (Lipinski definition) is 1. The number of urea groups is 1. The van der Waals surface area contributed by atoms with Crippen LogP contribution in [0.25, 0.3) is 0 Å². The Bertz CT molecular complexity index is 1380. The molecule has 3 aromatic carbocycles. The molecule has 0 saturated carbocycles. The van der Waals surface area contributed by atoms with Crippen LogP contribution in [-0.2, 0) is 22.8 Å². The lowest BCUT2D eigenvalue weighted by molar-refractivity contribution is -0.137. The molecule has 0 aliphatic heterocycles. The molecule has 1 N–H and O–H groups in total. The fraction of sp³-hybridized carbons (Fsp3) is 0.269. The normalized spacial score (nSPS) is 12.6. The van der Waals surface area contributed by atoms with E-state index in [1.807, 2.05) is 20.8 Å². The number of carbonyl (C=O) groups excluding carboxylic acids is 1. The first-order valence-corrected chi connectivity index (χ1v) is 13.1. The summed E-state index contributed by atoms with van der Waals surface area (Å²) in [7, 11) is -4.53. The number of hydrogen-bond acceptors (Lipinski definition) is 4. The third-order valence-corrected chi connectivity index (χ3v) is 7.36. The molecule has 37 heavy (non-hydrogen) atoms. The van der Waals surface area contributed by atoms with Crippen LogP contribution in [0.1, 0.15) is 37.0 Å². The smallest absolute Gasteiger partial charge is 0.379 e. The predicted molar refractivity (Wildman–Crippen MR) is 136 cm³/mol. The quantitative estimate of drug-likeness (QED) is 0.297. The summed E-state index contributed by atoms with van der Waals surface area (Å²) in [6.07, 6.45) is -4.04. The van der Waals surface area contributed by atoms with Crippen molar-refractivity contribution in [1.29, 1.82) is 0 Å². The number of carbonyl (C=O) groups is 1. The van der Waals surface area contributed by atoms with Gasteiger partial charge in [0.1, 0.15) is 10.6 Å². The average molecular weight is 555 g/mol. The van der Waals surface area contributed by atoms with Gasteiger partial charge in [-0.25, -0.2) is 4.79 Å². The minimum absolute atomic E-state index is 0.0928. The summed E-state index contributed by atoms with van der Waals surface area (Å²) in [5.74, 6) is -0.0928. The highest BCUT2D eigenvalue weighted by molar-refractivity contribution is 7.87. The Morgan fingerprint density at radius 2 is 1.78 bits per heavy atom. The second-order valence-electron chi connectivity index (χ2n) is 8.49. The summed E-state index contributed by atoms with van der Waals surface area (Å²) in [5, 5.41) is 3.33. The second-order valence-corrected chi connectivity index (χ2v) is 10.4. The maximum absolute atomic E-state index is 13.1. The van der Waals surface area contributed by atoms with E-state index >= 15 is 0 Å². The number of rotatable bonds is 8. The van der Waals surface area contributed by atoms with Crippen LogP contribution in [0.5, 0.6) is 5.75 Å². The molecule has 0 spiro atoms. The maximum Gasteiger partial charge on any atom is 0.416 e. The highest BCUT2D eigenvalue weighted by Gasteiger charge is 2.32. The van der Waals surface area contributed by atoms with Gasteiger partial charge in [0, 0.05) is 23.3 Å². The lowest BCUT2D eigenvalue weighted by Gasteiger charge is -2.29. The fourth-order valence-corrected chi connectivity index (χ4v) is 4.56. The maximum atomic E-state index is 13.1. The number of amides is 2. The fourth-order valence-electron chi connectivity index (χ4n) is 3.41. The van der Waals surface area contributed by atoms with E-state index in [1.165, 1.54) is 12.1 Å². The minimum Gasteiger partial charge on any atom is -0.379 e. The van der Waals surface area contributed by atoms with Gasteiger partial charge in [0.25, 0.3) is 0 Å². The van der Waals surface area contributed by atoms with E-state index in [9.17, 15) is 26.4 Å². The van der Waals surface area contributed by atoms with E-state index in [4.69, 9.17) is 15.8 Å². The summed E-state index contributed by atoms with van der Waals surface area (Å²) in [5.41, 5.74) is 0.860. The Morgan fingerprint density at radius 1 is 1.08 bits per heavy atom. The first-order valence-electron chi connectivity index (χ1n) is 11.3. The number of alkyl halides is 3. The molecule has 6 nitrogen and oxygen atoms in total. The van der Waals surface area contributed by atoms with Crippen molar-refractivity contribution in [3.63, 3.8) is 0 Å². The number of aryl methyl sites for hydroxylation is 1. The summed E-state index contributed by atoms with van der Waals surface area (Å²) >= 11 is 6.16. The van der Waals surface area contributed by atoms with Crippen LogP contribution in [0.3, 0.4) is 0 Å². The number of halogens is 4. The first-order chi connectivity index (χ1) is 17.3. The lowest BCUT2D eigenvalue weighted by Crippen LogP contribution is -2.40. The Hall–Kier alpha value is -3.24. The first kappa shape index (κ1) is 28.3. The van der Waals surface area contributed by atoms with Gasteiger partial charge in [0.15, 0.2) is 0 Å². The molecule has 1 unspecified atom stereocenters. The summed E-state index contributed by atoms with van der Waals surface area (Å²) < 4.78 is 69.5. The Balaban J connectivity index is 1.80. The van der Waals surface area contributed by atoms with Gasteiger partial charge in [0.2, 0.25) is 0 Å². The van der Waals surface area contributed by atoms with E-state index in [0.29, 0.717) is 28.8 Å². The topological polar surface area (TPSA) is 75.7 Å². The molecule has 1 atom stereocenters. The number of anilines is 1. The monoisotopic (exact) mass is 554 g/mol. The van der Waals surface area contributed by atoms with Gasteiger partial charge in [-0.05, 0) is 73.9 Å². The van der Waals surface area contributed by atoms with Crippen LogP contribution in [-0.4, -0.2) is 25.4 Å². The molecule has 0 fully saturated rings. The van der Waals surface area contributed by atoms with Crippen LogP contribution in [0, 0.1) is 6.92 Å². The molecule has 0 aliphatic carbocycles. The average Bonchev–Trinajstić information content (AvgIpc) is 2.84. The van der Waals surface area contributed by atoms with Crippen molar-refractivity contribution in [2.24, 2.45) is 0 Å². The molecule has 0 radical (unpaired) electrons. The van der Waals surface area contributed by atoms with Crippen molar-refractivity contribution in [2.45, 2.75) is 50.9 Å². The number of benzene rings is 3. The summed E-state index contributed by atoms with van der Waals surface area (Å²) in [4.78, 5) is 14.0. The van der Waals surface area contributed by atoms with Gasteiger partial charge in [0.05, 0.1) is 5.56 Å². The zero-order valence-electron chi connectivity index (χ0n) is 20.3. The molecule has 2 amide bonds. The summed E-state index contributed by atoms with van der Waals surface area (Å²) in [6.45, 7) is 5.78. The minimum atomic E-state index is -4.70. The molecule has 3 rings (SSSR count). The van der Waals surface area contributed by atoms with Gasteiger partial charge < -0.3 is 14.4 Å². The number of nitrogens with zero attached hydrogens (tertiary/aromatic N) is 1.